The van der Waals surface area contributed by atoms with Gasteiger partial charge in [-0.15, -0.1) is 0 Å². The highest BCUT2D eigenvalue weighted by atomic mass is 16.8. The van der Waals surface area contributed by atoms with Crippen molar-refractivity contribution in [2.75, 3.05) is 0 Å². The smallest absolute Gasteiger partial charge is 0.448 e. The Bertz CT molecular complexity index is 238. The van der Waals surface area contributed by atoms with E-state index in [0.29, 0.717) is 6.42 Å². The number of amides is 1. The molecule has 1 rings (SSSR count). The van der Waals surface area contributed by atoms with Crippen LogP contribution in [0.2, 0.25) is 0 Å². The summed E-state index contributed by atoms with van der Waals surface area (Å²) in [6.45, 7) is 0. The van der Waals surface area contributed by atoms with Crippen molar-refractivity contribution in [3.05, 3.63) is 12.3 Å². The van der Waals surface area contributed by atoms with Crippen LogP contribution < -0.4 is 5.73 Å². The van der Waals surface area contributed by atoms with E-state index in [2.05, 4.69) is 4.84 Å². The Morgan fingerprint density at radius 1 is 1.67 bits per heavy atom. The van der Waals surface area contributed by atoms with E-state index < -0.39 is 18.1 Å². The monoisotopic (exact) mass is 172 g/mol. The van der Waals surface area contributed by atoms with Gasteiger partial charge in [-0.1, -0.05) is 6.08 Å². The van der Waals surface area contributed by atoms with Crippen LogP contribution in [0.5, 0.6) is 0 Å². The summed E-state index contributed by atoms with van der Waals surface area (Å²) in [4.78, 5) is 25.0. The van der Waals surface area contributed by atoms with E-state index in [4.69, 9.17) is 10.8 Å². The van der Waals surface area contributed by atoms with Gasteiger partial charge < -0.3 is 15.7 Å². The maximum Gasteiger partial charge on any atom is 0.530 e. The number of hydrogen-bond acceptors (Lipinski definition) is 4. The number of carbonyl (C=O) groups excluding carboxylic acids is 1. The van der Waals surface area contributed by atoms with Crippen LogP contribution in [-0.2, 0) is 9.63 Å². The van der Waals surface area contributed by atoms with E-state index >= 15 is 0 Å². The number of nitrogens with zero attached hydrogens (tertiary/aromatic N) is 1. The Kier molecular flexibility index (Phi) is 2.18. The molecule has 12 heavy (non-hydrogen) atoms. The van der Waals surface area contributed by atoms with Crippen molar-refractivity contribution >= 4 is 12.1 Å². The summed E-state index contributed by atoms with van der Waals surface area (Å²) in [6, 6.07) is -0.707. The van der Waals surface area contributed by atoms with Gasteiger partial charge >= 0.3 is 6.16 Å². The molecular weight excluding hydrogens is 164 g/mol. The molecule has 6 heteroatoms. The maximum atomic E-state index is 10.7. The standard InChI is InChI=1S/C6H8N2O4/c7-5(9)4-2-1-3-8(4)12-6(10)11/h1,3-4H,2H2,(H2,7,9)(H,10,11)/t4-/m0/s1. The molecule has 0 unspecified atom stereocenters. The van der Waals surface area contributed by atoms with E-state index in [1.54, 1.807) is 6.08 Å². The van der Waals surface area contributed by atoms with Crippen molar-refractivity contribution in [1.82, 2.24) is 5.06 Å². The molecule has 1 aliphatic heterocycles. The summed E-state index contributed by atoms with van der Waals surface area (Å²) in [7, 11) is 0. The van der Waals surface area contributed by atoms with Crippen molar-refractivity contribution < 1.29 is 19.5 Å². The lowest BCUT2D eigenvalue weighted by atomic mass is 10.2. The number of carboxylic acid groups (broad SMARTS) is 1. The lowest BCUT2D eigenvalue weighted by Gasteiger charge is -2.18. The Morgan fingerprint density at radius 2 is 2.33 bits per heavy atom. The number of carbonyl (C=O) groups is 2. The fourth-order valence-corrected chi connectivity index (χ4v) is 0.927. The molecule has 66 valence electrons. The predicted octanol–water partition coefficient (Wildman–Crippen LogP) is -0.331. The van der Waals surface area contributed by atoms with Gasteiger partial charge in [0.1, 0.15) is 6.04 Å². The molecule has 3 N–H and O–H groups in total. The fraction of sp³-hybridized carbons (Fsp3) is 0.333. The van der Waals surface area contributed by atoms with Crippen molar-refractivity contribution in [3.8, 4) is 0 Å². The summed E-state index contributed by atoms with van der Waals surface area (Å²) >= 11 is 0. The van der Waals surface area contributed by atoms with Crippen LogP contribution in [0, 0.1) is 0 Å². The minimum absolute atomic E-state index is 0.378. The highest BCUT2D eigenvalue weighted by Gasteiger charge is 2.27. The number of hydroxylamine groups is 2. The molecule has 0 aromatic heterocycles. The topological polar surface area (TPSA) is 92.9 Å². The molecule has 0 aliphatic carbocycles. The Labute approximate surface area is 68.2 Å². The fourth-order valence-electron chi connectivity index (χ4n) is 0.927. The first-order chi connectivity index (χ1) is 5.61. The van der Waals surface area contributed by atoms with Gasteiger partial charge in [-0.25, -0.2) is 4.79 Å². The highest BCUT2D eigenvalue weighted by Crippen LogP contribution is 2.13. The molecule has 1 aliphatic rings. The van der Waals surface area contributed by atoms with Crippen molar-refractivity contribution in [2.24, 2.45) is 5.73 Å². The lowest BCUT2D eigenvalue weighted by Crippen LogP contribution is -2.39. The second-order valence-corrected chi connectivity index (χ2v) is 2.26. The average Bonchev–Trinajstić information content (AvgIpc) is 2.33. The molecule has 0 saturated carbocycles. The van der Waals surface area contributed by atoms with Gasteiger partial charge in [-0.2, -0.15) is 5.06 Å². The van der Waals surface area contributed by atoms with Crippen LogP contribution >= 0.6 is 0 Å². The van der Waals surface area contributed by atoms with E-state index in [-0.39, 0.29) is 0 Å². The molecular formula is C6H8N2O4. The molecule has 1 atom stereocenters. The second kappa shape index (κ2) is 3.12. The number of nitrogens with two attached hydrogens (primary N) is 1. The first-order valence-electron chi connectivity index (χ1n) is 3.26. The minimum atomic E-state index is -1.46. The second-order valence-electron chi connectivity index (χ2n) is 2.26. The zero-order valence-corrected chi connectivity index (χ0v) is 6.14. The molecule has 0 fully saturated rings. The Hall–Kier alpha value is -1.72. The van der Waals surface area contributed by atoms with Crippen LogP contribution in [0.3, 0.4) is 0 Å². The van der Waals surface area contributed by atoms with Gasteiger partial charge in [0, 0.05) is 6.20 Å². The number of primary amides is 1. The predicted molar refractivity (Wildman–Crippen MR) is 37.7 cm³/mol. The molecule has 1 amide bonds. The molecule has 1 heterocycles. The zero-order valence-electron chi connectivity index (χ0n) is 6.14. The van der Waals surface area contributed by atoms with Crippen LogP contribution in [-0.4, -0.2) is 28.3 Å². The quantitative estimate of drug-likeness (QED) is 0.594. The number of rotatable bonds is 2. The largest absolute Gasteiger partial charge is 0.530 e. The summed E-state index contributed by atoms with van der Waals surface area (Å²) in [5.74, 6) is -0.610. The molecule has 0 aromatic carbocycles. The maximum absolute atomic E-state index is 10.7. The van der Waals surface area contributed by atoms with E-state index in [1.165, 1.54) is 6.20 Å². The highest BCUT2D eigenvalue weighted by molar-refractivity contribution is 5.80. The summed E-state index contributed by atoms with van der Waals surface area (Å²) in [6.07, 6.45) is 1.89. The molecule has 0 saturated heterocycles. The summed E-state index contributed by atoms with van der Waals surface area (Å²) in [5.41, 5.74) is 4.97. The molecule has 0 bridgehead atoms. The van der Waals surface area contributed by atoms with Crippen LogP contribution in [0.4, 0.5) is 4.79 Å². The van der Waals surface area contributed by atoms with Gasteiger partial charge in [-0.3, -0.25) is 4.79 Å². The first-order valence-corrected chi connectivity index (χ1v) is 3.26. The molecule has 6 nitrogen and oxygen atoms in total. The third-order valence-corrected chi connectivity index (χ3v) is 1.43. The van der Waals surface area contributed by atoms with Crippen molar-refractivity contribution in [2.45, 2.75) is 12.5 Å². The number of hydrogen-bond donors (Lipinski definition) is 2. The SMILES string of the molecule is NC(=O)[C@@H]1CC=CN1OC(=O)O. The third-order valence-electron chi connectivity index (χ3n) is 1.43. The van der Waals surface area contributed by atoms with Crippen molar-refractivity contribution in [3.63, 3.8) is 0 Å². The Balaban J connectivity index is 2.57. The van der Waals surface area contributed by atoms with Gasteiger partial charge in [0.25, 0.3) is 0 Å². The normalized spacial score (nSPS) is 21.0. The zero-order chi connectivity index (χ0) is 9.14. The van der Waals surface area contributed by atoms with Gasteiger partial charge in [0.15, 0.2) is 0 Å². The average molecular weight is 172 g/mol. The Morgan fingerprint density at radius 3 is 2.83 bits per heavy atom. The lowest BCUT2D eigenvalue weighted by molar-refractivity contribution is -0.140. The third kappa shape index (κ3) is 1.66. The van der Waals surface area contributed by atoms with E-state index in [1.807, 2.05) is 0 Å². The van der Waals surface area contributed by atoms with Gasteiger partial charge in [-0.05, 0) is 6.42 Å². The molecule has 0 radical (unpaired) electrons. The van der Waals surface area contributed by atoms with Crippen molar-refractivity contribution in [1.29, 1.82) is 0 Å². The van der Waals surface area contributed by atoms with Crippen LogP contribution in [0.1, 0.15) is 6.42 Å². The van der Waals surface area contributed by atoms with E-state index in [0.717, 1.165) is 5.06 Å². The molecule has 0 aromatic rings. The van der Waals surface area contributed by atoms with Gasteiger partial charge in [0.05, 0.1) is 0 Å². The van der Waals surface area contributed by atoms with Gasteiger partial charge in [0.2, 0.25) is 5.91 Å². The molecule has 0 spiro atoms. The van der Waals surface area contributed by atoms with Crippen LogP contribution in [0.15, 0.2) is 12.3 Å². The first kappa shape index (κ1) is 8.38. The summed E-state index contributed by atoms with van der Waals surface area (Å²) in [5, 5.41) is 9.14. The van der Waals surface area contributed by atoms with Crippen LogP contribution in [0.25, 0.3) is 0 Å². The summed E-state index contributed by atoms with van der Waals surface area (Å²) < 4.78 is 0. The van der Waals surface area contributed by atoms with E-state index in [9.17, 15) is 9.59 Å². The minimum Gasteiger partial charge on any atom is -0.448 e.